The Labute approximate surface area is 126 Å². The number of hydrogen-bond donors (Lipinski definition) is 2. The van der Waals surface area contributed by atoms with Crippen LogP contribution in [-0.4, -0.2) is 48.1 Å². The van der Waals surface area contributed by atoms with Gasteiger partial charge in [-0.15, -0.1) is 0 Å². The van der Waals surface area contributed by atoms with Crippen molar-refractivity contribution >= 4 is 31.9 Å². The molecular weight excluding hydrogens is 350 g/mol. The number of halogens is 1. The maximum absolute atomic E-state index is 12.5. The highest BCUT2D eigenvalue weighted by Crippen LogP contribution is 2.29. The molecule has 0 saturated heterocycles. The van der Waals surface area contributed by atoms with Gasteiger partial charge in [-0.3, -0.25) is 0 Å². The zero-order valence-corrected chi connectivity index (χ0v) is 13.7. The van der Waals surface area contributed by atoms with Gasteiger partial charge in [0.05, 0.1) is 22.6 Å². The summed E-state index contributed by atoms with van der Waals surface area (Å²) in [6.45, 7) is 2.78. The topological polar surface area (TPSA) is 94.9 Å². The predicted molar refractivity (Wildman–Crippen MR) is 77.2 cm³/mol. The lowest BCUT2D eigenvalue weighted by Crippen LogP contribution is -2.47. The van der Waals surface area contributed by atoms with Crippen molar-refractivity contribution < 1.29 is 23.4 Å². The number of aliphatic hydroxyl groups is 1. The summed E-state index contributed by atoms with van der Waals surface area (Å²) in [6, 6.07) is 3.77. The van der Waals surface area contributed by atoms with E-state index in [4.69, 9.17) is 5.11 Å². The Morgan fingerprint density at radius 1 is 1.40 bits per heavy atom. The van der Waals surface area contributed by atoms with Crippen LogP contribution in [0.2, 0.25) is 0 Å². The third kappa shape index (κ3) is 3.20. The monoisotopic (exact) mass is 365 g/mol. The van der Waals surface area contributed by atoms with E-state index in [0.29, 0.717) is 0 Å². The number of benzene rings is 1. The maximum Gasteiger partial charge on any atom is 0.335 e. The van der Waals surface area contributed by atoms with Crippen molar-refractivity contribution in [2.75, 3.05) is 13.7 Å². The highest BCUT2D eigenvalue weighted by Gasteiger charge is 2.35. The van der Waals surface area contributed by atoms with Gasteiger partial charge < -0.3 is 10.2 Å². The molecule has 1 aromatic rings. The quantitative estimate of drug-likeness (QED) is 0.824. The van der Waals surface area contributed by atoms with E-state index in [9.17, 15) is 18.3 Å². The molecule has 1 aromatic carbocycles. The molecule has 20 heavy (non-hydrogen) atoms. The van der Waals surface area contributed by atoms with Crippen LogP contribution in [-0.2, 0) is 10.0 Å². The van der Waals surface area contributed by atoms with Gasteiger partial charge in [0.2, 0.25) is 10.0 Å². The molecule has 0 bridgehead atoms. The first-order valence-corrected chi connectivity index (χ1v) is 7.90. The molecule has 0 saturated carbocycles. The fourth-order valence-electron chi connectivity index (χ4n) is 1.41. The third-order valence-corrected chi connectivity index (χ3v) is 6.12. The molecular formula is C12H16BrNO5S. The number of likely N-dealkylation sites (N-methyl/N-ethyl adjacent to an activating group) is 1. The summed E-state index contributed by atoms with van der Waals surface area (Å²) >= 11 is 3.11. The lowest BCUT2D eigenvalue weighted by Gasteiger charge is -2.33. The molecule has 0 unspecified atom stereocenters. The molecule has 0 heterocycles. The maximum atomic E-state index is 12.5. The SMILES string of the molecule is CN(C(C)(C)CO)S(=O)(=O)c1cc(C(=O)O)ccc1Br. The summed E-state index contributed by atoms with van der Waals surface area (Å²) in [5, 5.41) is 18.2. The van der Waals surface area contributed by atoms with Crippen LogP contribution >= 0.6 is 15.9 Å². The van der Waals surface area contributed by atoms with Crippen LogP contribution < -0.4 is 0 Å². The Kier molecular flexibility index (Phi) is 4.96. The normalized spacial score (nSPS) is 12.7. The molecule has 0 aromatic heterocycles. The highest BCUT2D eigenvalue weighted by molar-refractivity contribution is 9.10. The summed E-state index contributed by atoms with van der Waals surface area (Å²) in [7, 11) is -2.59. The number of carboxylic acids is 1. The van der Waals surface area contributed by atoms with Gasteiger partial charge in [0, 0.05) is 11.5 Å². The van der Waals surface area contributed by atoms with Crippen LogP contribution in [0.5, 0.6) is 0 Å². The van der Waals surface area contributed by atoms with Crippen molar-refractivity contribution in [1.82, 2.24) is 4.31 Å². The Morgan fingerprint density at radius 2 is 1.95 bits per heavy atom. The standard InChI is InChI=1S/C12H16BrNO5S/c1-12(2,7-15)14(3)20(18,19)10-6-8(11(16)17)4-5-9(10)13/h4-6,15H,7H2,1-3H3,(H,16,17). The van der Waals surface area contributed by atoms with E-state index in [-0.39, 0.29) is 21.5 Å². The molecule has 0 aliphatic carbocycles. The summed E-state index contributed by atoms with van der Waals surface area (Å²) in [5.74, 6) is -1.21. The van der Waals surface area contributed by atoms with Gasteiger partial charge in [0.15, 0.2) is 0 Å². The predicted octanol–water partition coefficient (Wildman–Crippen LogP) is 1.54. The van der Waals surface area contributed by atoms with Crippen molar-refractivity contribution in [1.29, 1.82) is 0 Å². The number of sulfonamides is 1. The Hall–Kier alpha value is -0.960. The molecule has 0 radical (unpaired) electrons. The van der Waals surface area contributed by atoms with Gasteiger partial charge >= 0.3 is 5.97 Å². The summed E-state index contributed by atoms with van der Waals surface area (Å²) in [4.78, 5) is 10.8. The fourth-order valence-corrected chi connectivity index (χ4v) is 3.86. The first-order valence-electron chi connectivity index (χ1n) is 5.67. The minimum Gasteiger partial charge on any atom is -0.478 e. The number of nitrogens with zero attached hydrogens (tertiary/aromatic N) is 1. The number of carbonyl (C=O) groups is 1. The van der Waals surface area contributed by atoms with E-state index in [0.717, 1.165) is 10.4 Å². The van der Waals surface area contributed by atoms with E-state index < -0.39 is 21.5 Å². The zero-order chi connectivity index (χ0) is 15.7. The molecule has 0 atom stereocenters. The van der Waals surface area contributed by atoms with Gasteiger partial charge in [0.1, 0.15) is 0 Å². The van der Waals surface area contributed by atoms with Gasteiger partial charge in [-0.2, -0.15) is 4.31 Å². The second-order valence-corrected chi connectivity index (χ2v) is 7.69. The number of hydrogen-bond acceptors (Lipinski definition) is 4. The molecule has 6 nitrogen and oxygen atoms in total. The molecule has 1 rings (SSSR count). The van der Waals surface area contributed by atoms with Crippen molar-refractivity contribution in [3.05, 3.63) is 28.2 Å². The van der Waals surface area contributed by atoms with E-state index in [2.05, 4.69) is 15.9 Å². The second-order valence-electron chi connectivity index (χ2n) is 4.89. The molecule has 0 aliphatic heterocycles. The first-order chi connectivity index (χ1) is 9.04. The largest absolute Gasteiger partial charge is 0.478 e. The smallest absolute Gasteiger partial charge is 0.335 e. The van der Waals surface area contributed by atoms with E-state index in [1.54, 1.807) is 13.8 Å². The van der Waals surface area contributed by atoms with Crippen molar-refractivity contribution in [3.8, 4) is 0 Å². The van der Waals surface area contributed by atoms with Crippen LogP contribution in [0.3, 0.4) is 0 Å². The third-order valence-electron chi connectivity index (χ3n) is 3.06. The fraction of sp³-hybridized carbons (Fsp3) is 0.417. The van der Waals surface area contributed by atoms with E-state index in [1.807, 2.05) is 0 Å². The van der Waals surface area contributed by atoms with Crippen LogP contribution in [0.4, 0.5) is 0 Å². The number of rotatable bonds is 5. The molecule has 8 heteroatoms. The van der Waals surface area contributed by atoms with Crippen molar-refractivity contribution in [2.24, 2.45) is 0 Å². The Balaban J connectivity index is 3.43. The Morgan fingerprint density at radius 3 is 2.40 bits per heavy atom. The number of aromatic carboxylic acids is 1. The van der Waals surface area contributed by atoms with Crippen molar-refractivity contribution in [3.63, 3.8) is 0 Å². The number of carboxylic acid groups (broad SMARTS) is 1. The molecule has 0 amide bonds. The van der Waals surface area contributed by atoms with Crippen LogP contribution in [0.25, 0.3) is 0 Å². The van der Waals surface area contributed by atoms with E-state index >= 15 is 0 Å². The van der Waals surface area contributed by atoms with Crippen LogP contribution in [0.15, 0.2) is 27.6 Å². The van der Waals surface area contributed by atoms with E-state index in [1.165, 1.54) is 19.2 Å². The van der Waals surface area contributed by atoms with Gasteiger partial charge in [-0.1, -0.05) is 0 Å². The molecule has 112 valence electrons. The Bertz CT molecular complexity index is 627. The summed E-state index contributed by atoms with van der Waals surface area (Å²) in [5.41, 5.74) is -1.13. The summed E-state index contributed by atoms with van der Waals surface area (Å²) in [6.07, 6.45) is 0. The zero-order valence-electron chi connectivity index (χ0n) is 11.3. The molecule has 0 aliphatic rings. The minimum atomic E-state index is -3.93. The number of aliphatic hydroxyl groups excluding tert-OH is 1. The van der Waals surface area contributed by atoms with Crippen molar-refractivity contribution in [2.45, 2.75) is 24.3 Å². The molecule has 0 fully saturated rings. The average molecular weight is 366 g/mol. The minimum absolute atomic E-state index is 0.123. The summed E-state index contributed by atoms with van der Waals surface area (Å²) < 4.78 is 26.3. The van der Waals surface area contributed by atoms with Gasteiger partial charge in [-0.05, 0) is 48.0 Å². The van der Waals surface area contributed by atoms with Crippen LogP contribution in [0.1, 0.15) is 24.2 Å². The van der Waals surface area contributed by atoms with Gasteiger partial charge in [-0.25, -0.2) is 13.2 Å². The lowest BCUT2D eigenvalue weighted by molar-refractivity contribution is 0.0696. The van der Waals surface area contributed by atoms with Crippen LogP contribution in [0, 0.1) is 0 Å². The van der Waals surface area contributed by atoms with Gasteiger partial charge in [0.25, 0.3) is 0 Å². The highest BCUT2D eigenvalue weighted by atomic mass is 79.9. The average Bonchev–Trinajstić information content (AvgIpc) is 2.37. The molecule has 2 N–H and O–H groups in total. The molecule has 0 spiro atoms. The first kappa shape index (κ1) is 17.1. The second kappa shape index (κ2) is 5.80. The lowest BCUT2D eigenvalue weighted by atomic mass is 10.1.